The van der Waals surface area contributed by atoms with Crippen LogP contribution in [0, 0.1) is 5.82 Å². The van der Waals surface area contributed by atoms with Gasteiger partial charge >= 0.3 is 0 Å². The van der Waals surface area contributed by atoms with E-state index >= 15 is 0 Å². The molecule has 2 rings (SSSR count). The summed E-state index contributed by atoms with van der Waals surface area (Å²) in [6, 6.07) is 9.88. The van der Waals surface area contributed by atoms with Crippen LogP contribution in [0.15, 0.2) is 42.5 Å². The van der Waals surface area contributed by atoms with E-state index in [4.69, 9.17) is 23.2 Å². The standard InChI is InChI=1S/C15H14Cl2FNO2S/c1-10(12-3-5-13(18)6-4-12)19-22(20,21)9-11-2-7-14(16)15(17)8-11/h2-8,10,19H,9H2,1H3. The van der Waals surface area contributed by atoms with E-state index in [0.29, 0.717) is 21.2 Å². The van der Waals surface area contributed by atoms with E-state index in [0.717, 1.165) is 0 Å². The van der Waals surface area contributed by atoms with E-state index in [1.54, 1.807) is 31.2 Å². The fourth-order valence-corrected chi connectivity index (χ4v) is 3.68. The van der Waals surface area contributed by atoms with Crippen LogP contribution in [0.25, 0.3) is 0 Å². The lowest BCUT2D eigenvalue weighted by molar-refractivity contribution is 0.565. The Balaban J connectivity index is 2.10. The third kappa shape index (κ3) is 4.68. The van der Waals surface area contributed by atoms with Gasteiger partial charge in [-0.3, -0.25) is 0 Å². The molecular weight excluding hydrogens is 348 g/mol. The zero-order chi connectivity index (χ0) is 16.3. The summed E-state index contributed by atoms with van der Waals surface area (Å²) in [5, 5.41) is 0.677. The second-order valence-electron chi connectivity index (χ2n) is 4.90. The van der Waals surface area contributed by atoms with Crippen LogP contribution in [0.2, 0.25) is 10.0 Å². The maximum atomic E-state index is 12.9. The molecule has 0 amide bonds. The van der Waals surface area contributed by atoms with Crippen LogP contribution < -0.4 is 4.72 Å². The molecule has 0 spiro atoms. The third-order valence-corrected chi connectivity index (χ3v) is 5.23. The van der Waals surface area contributed by atoms with Gasteiger partial charge in [0, 0.05) is 6.04 Å². The van der Waals surface area contributed by atoms with E-state index < -0.39 is 16.1 Å². The van der Waals surface area contributed by atoms with E-state index in [1.807, 2.05) is 0 Å². The van der Waals surface area contributed by atoms with Gasteiger partial charge in [-0.15, -0.1) is 0 Å². The molecule has 0 aliphatic rings. The number of sulfonamides is 1. The highest BCUT2D eigenvalue weighted by molar-refractivity contribution is 7.88. The average Bonchev–Trinajstić information content (AvgIpc) is 2.42. The van der Waals surface area contributed by atoms with Crippen LogP contribution in [0.3, 0.4) is 0 Å². The molecule has 3 nitrogen and oxygen atoms in total. The van der Waals surface area contributed by atoms with Crippen molar-refractivity contribution in [3.8, 4) is 0 Å². The van der Waals surface area contributed by atoms with Crippen molar-refractivity contribution in [2.75, 3.05) is 0 Å². The Labute approximate surface area is 139 Å². The van der Waals surface area contributed by atoms with Crippen molar-refractivity contribution in [2.24, 2.45) is 0 Å². The summed E-state index contributed by atoms with van der Waals surface area (Å²) in [5.74, 6) is -0.579. The van der Waals surface area contributed by atoms with Crippen molar-refractivity contribution in [1.82, 2.24) is 4.72 Å². The Morgan fingerprint density at radius 2 is 1.73 bits per heavy atom. The van der Waals surface area contributed by atoms with E-state index in [9.17, 15) is 12.8 Å². The number of halogens is 3. The Bertz CT molecular complexity index is 764. The van der Waals surface area contributed by atoms with Crippen LogP contribution in [0.1, 0.15) is 24.1 Å². The highest BCUT2D eigenvalue weighted by atomic mass is 35.5. The minimum absolute atomic E-state index is 0.213. The summed E-state index contributed by atoms with van der Waals surface area (Å²) in [6.45, 7) is 1.69. The molecule has 2 aromatic carbocycles. The molecular formula is C15H14Cl2FNO2S. The molecule has 0 saturated heterocycles. The molecule has 1 unspecified atom stereocenters. The van der Waals surface area contributed by atoms with E-state index in [-0.39, 0.29) is 11.6 Å². The summed E-state index contributed by atoms with van der Waals surface area (Å²) < 4.78 is 39.8. The maximum Gasteiger partial charge on any atom is 0.216 e. The fraction of sp³-hybridized carbons (Fsp3) is 0.200. The van der Waals surface area contributed by atoms with Gasteiger partial charge in [-0.05, 0) is 42.3 Å². The summed E-state index contributed by atoms with van der Waals surface area (Å²) in [4.78, 5) is 0. The molecule has 1 atom stereocenters. The lowest BCUT2D eigenvalue weighted by atomic mass is 10.1. The Hall–Kier alpha value is -1.14. The first-order valence-corrected chi connectivity index (χ1v) is 8.87. The van der Waals surface area contributed by atoms with E-state index in [1.165, 1.54) is 18.2 Å². The predicted octanol–water partition coefficient (Wildman–Crippen LogP) is 4.31. The largest absolute Gasteiger partial charge is 0.216 e. The van der Waals surface area contributed by atoms with Gasteiger partial charge in [0.2, 0.25) is 10.0 Å². The molecule has 1 N–H and O–H groups in total. The molecule has 22 heavy (non-hydrogen) atoms. The summed E-state index contributed by atoms with van der Waals surface area (Å²) >= 11 is 11.7. The van der Waals surface area contributed by atoms with Gasteiger partial charge in [0.25, 0.3) is 0 Å². The lowest BCUT2D eigenvalue weighted by Gasteiger charge is -2.15. The molecule has 7 heteroatoms. The van der Waals surface area contributed by atoms with Crippen molar-refractivity contribution in [1.29, 1.82) is 0 Å². The van der Waals surface area contributed by atoms with Gasteiger partial charge in [-0.2, -0.15) is 0 Å². The van der Waals surface area contributed by atoms with Crippen LogP contribution in [0.4, 0.5) is 4.39 Å². The molecule has 0 bridgehead atoms. The normalized spacial score (nSPS) is 13.1. The Morgan fingerprint density at radius 3 is 2.32 bits per heavy atom. The zero-order valence-corrected chi connectivity index (χ0v) is 14.0. The molecule has 0 aromatic heterocycles. The molecule has 0 radical (unpaired) electrons. The molecule has 0 heterocycles. The predicted molar refractivity (Wildman–Crippen MR) is 87.0 cm³/mol. The molecule has 0 aliphatic carbocycles. The molecule has 2 aromatic rings. The van der Waals surface area contributed by atoms with Gasteiger partial charge < -0.3 is 0 Å². The summed E-state index contributed by atoms with van der Waals surface area (Å²) in [7, 11) is -3.57. The van der Waals surface area contributed by atoms with Gasteiger partial charge in [0.15, 0.2) is 0 Å². The van der Waals surface area contributed by atoms with Gasteiger partial charge in [0.05, 0.1) is 15.8 Å². The maximum absolute atomic E-state index is 12.9. The number of benzene rings is 2. The van der Waals surface area contributed by atoms with Crippen molar-refractivity contribution >= 4 is 33.2 Å². The van der Waals surface area contributed by atoms with Gasteiger partial charge in [0.1, 0.15) is 5.82 Å². The van der Waals surface area contributed by atoms with Gasteiger partial charge in [-0.25, -0.2) is 17.5 Å². The molecule has 0 aliphatic heterocycles. The van der Waals surface area contributed by atoms with Crippen molar-refractivity contribution in [3.05, 3.63) is 69.5 Å². The fourth-order valence-electron chi connectivity index (χ4n) is 1.98. The van der Waals surface area contributed by atoms with Crippen molar-refractivity contribution in [3.63, 3.8) is 0 Å². The summed E-state index contributed by atoms with van der Waals surface area (Å²) in [6.07, 6.45) is 0. The second-order valence-corrected chi connectivity index (χ2v) is 7.47. The topological polar surface area (TPSA) is 46.2 Å². The number of hydrogen-bond acceptors (Lipinski definition) is 2. The molecule has 0 saturated carbocycles. The van der Waals surface area contributed by atoms with Crippen molar-refractivity contribution in [2.45, 2.75) is 18.7 Å². The molecule has 0 fully saturated rings. The van der Waals surface area contributed by atoms with Crippen LogP contribution in [0.5, 0.6) is 0 Å². The van der Waals surface area contributed by atoms with Crippen LogP contribution >= 0.6 is 23.2 Å². The summed E-state index contributed by atoms with van der Waals surface area (Å²) in [5.41, 5.74) is 1.22. The monoisotopic (exact) mass is 361 g/mol. The smallest absolute Gasteiger partial charge is 0.212 e. The van der Waals surface area contributed by atoms with Gasteiger partial charge in [-0.1, -0.05) is 41.4 Å². The minimum atomic E-state index is -3.57. The average molecular weight is 362 g/mol. The first kappa shape index (κ1) is 17.2. The third-order valence-electron chi connectivity index (χ3n) is 3.07. The Kier molecular flexibility index (Phi) is 5.45. The highest BCUT2D eigenvalue weighted by Crippen LogP contribution is 2.24. The highest BCUT2D eigenvalue weighted by Gasteiger charge is 2.17. The number of hydrogen-bond donors (Lipinski definition) is 1. The number of rotatable bonds is 5. The van der Waals surface area contributed by atoms with Crippen molar-refractivity contribution < 1.29 is 12.8 Å². The van der Waals surface area contributed by atoms with E-state index in [2.05, 4.69) is 4.72 Å². The number of nitrogens with one attached hydrogen (secondary N) is 1. The first-order valence-electron chi connectivity index (χ1n) is 6.46. The Morgan fingerprint density at radius 1 is 1.09 bits per heavy atom. The lowest BCUT2D eigenvalue weighted by Crippen LogP contribution is -2.28. The quantitative estimate of drug-likeness (QED) is 0.861. The van der Waals surface area contributed by atoms with Crippen LogP contribution in [-0.2, 0) is 15.8 Å². The SMILES string of the molecule is CC(NS(=O)(=O)Cc1ccc(Cl)c(Cl)c1)c1ccc(F)cc1. The van der Waals surface area contributed by atoms with Crippen LogP contribution in [-0.4, -0.2) is 8.42 Å². The minimum Gasteiger partial charge on any atom is -0.212 e. The molecule has 118 valence electrons. The first-order chi connectivity index (χ1) is 10.3. The second kappa shape index (κ2) is 6.96. The zero-order valence-electron chi connectivity index (χ0n) is 11.7.